The summed E-state index contributed by atoms with van der Waals surface area (Å²) in [6.45, 7) is 3.98. The second kappa shape index (κ2) is 6.54. The second-order valence-corrected chi connectivity index (χ2v) is 4.33. The lowest BCUT2D eigenvalue weighted by molar-refractivity contribution is 0.300. The van der Waals surface area contributed by atoms with E-state index in [1.54, 1.807) is 0 Å². The average molecular weight is 237 g/mol. The van der Waals surface area contributed by atoms with Gasteiger partial charge in [0.1, 0.15) is 0 Å². The molecule has 1 heterocycles. The molecule has 0 aromatic rings. The number of nitrogens with zero attached hydrogens (tertiary/aromatic N) is 2. The van der Waals surface area contributed by atoms with Crippen LogP contribution in [0, 0.1) is 0 Å². The van der Waals surface area contributed by atoms with E-state index in [0.29, 0.717) is 11.8 Å². The first kappa shape index (κ1) is 12.2. The Bertz CT molecular complexity index is 189. The highest BCUT2D eigenvalue weighted by molar-refractivity contribution is 6.18. The molecule has 0 unspecified atom stereocenters. The van der Waals surface area contributed by atoms with Crippen LogP contribution in [0.3, 0.4) is 0 Å². The normalized spacial score (nSPS) is 18.1. The molecule has 0 bridgehead atoms. The van der Waals surface area contributed by atoms with Crippen molar-refractivity contribution in [2.75, 3.05) is 45.0 Å². The fourth-order valence-corrected chi connectivity index (χ4v) is 2.06. The first-order valence-electron chi connectivity index (χ1n) is 5.02. The van der Waals surface area contributed by atoms with Gasteiger partial charge in [-0.2, -0.15) is 0 Å². The summed E-state index contributed by atoms with van der Waals surface area (Å²) in [6.07, 6.45) is 3.40. The van der Waals surface area contributed by atoms with Crippen LogP contribution < -0.4 is 0 Å². The van der Waals surface area contributed by atoms with Gasteiger partial charge in [0.15, 0.2) is 0 Å². The molecule has 2 nitrogen and oxygen atoms in total. The minimum atomic E-state index is 0.671. The SMILES string of the molecule is CN1CC=C(N(CCCl)CCCl)CC1. The largest absolute Gasteiger partial charge is 0.373 e. The van der Waals surface area contributed by atoms with E-state index in [1.165, 1.54) is 5.70 Å². The lowest BCUT2D eigenvalue weighted by Gasteiger charge is -2.31. The predicted octanol–water partition coefficient (Wildman–Crippen LogP) is 1.99. The maximum absolute atomic E-state index is 5.76. The van der Waals surface area contributed by atoms with Crippen LogP contribution >= 0.6 is 23.2 Å². The van der Waals surface area contributed by atoms with Crippen molar-refractivity contribution in [2.45, 2.75) is 6.42 Å². The maximum Gasteiger partial charge on any atom is 0.0399 e. The van der Waals surface area contributed by atoms with Gasteiger partial charge in [-0.15, -0.1) is 23.2 Å². The lowest BCUT2D eigenvalue weighted by atomic mass is 10.2. The highest BCUT2D eigenvalue weighted by Gasteiger charge is 2.13. The van der Waals surface area contributed by atoms with Gasteiger partial charge in [-0.3, -0.25) is 0 Å². The summed E-state index contributed by atoms with van der Waals surface area (Å²) in [6, 6.07) is 0. The van der Waals surface area contributed by atoms with E-state index in [0.717, 1.165) is 32.6 Å². The first-order valence-corrected chi connectivity index (χ1v) is 6.09. The molecule has 14 heavy (non-hydrogen) atoms. The molecule has 0 amide bonds. The molecule has 0 aromatic carbocycles. The van der Waals surface area contributed by atoms with E-state index in [-0.39, 0.29) is 0 Å². The molecule has 0 spiro atoms. The minimum Gasteiger partial charge on any atom is -0.373 e. The third kappa shape index (κ3) is 3.68. The highest BCUT2D eigenvalue weighted by Crippen LogP contribution is 2.14. The van der Waals surface area contributed by atoms with Crippen LogP contribution in [0.5, 0.6) is 0 Å². The van der Waals surface area contributed by atoms with Gasteiger partial charge in [0.25, 0.3) is 0 Å². The van der Waals surface area contributed by atoms with Crippen LogP contribution in [0.25, 0.3) is 0 Å². The van der Waals surface area contributed by atoms with Crippen molar-refractivity contribution in [1.82, 2.24) is 9.80 Å². The number of rotatable bonds is 5. The van der Waals surface area contributed by atoms with E-state index >= 15 is 0 Å². The van der Waals surface area contributed by atoms with Crippen LogP contribution in [0.1, 0.15) is 6.42 Å². The predicted molar refractivity (Wildman–Crippen MR) is 63.2 cm³/mol. The molecule has 0 fully saturated rings. The van der Waals surface area contributed by atoms with Gasteiger partial charge < -0.3 is 9.80 Å². The van der Waals surface area contributed by atoms with Gasteiger partial charge in [0.05, 0.1) is 0 Å². The van der Waals surface area contributed by atoms with Crippen LogP contribution in [0.15, 0.2) is 11.8 Å². The number of likely N-dealkylation sites (N-methyl/N-ethyl adjacent to an activating group) is 1. The number of halogens is 2. The van der Waals surface area contributed by atoms with E-state index in [2.05, 4.69) is 22.9 Å². The molecular formula is C10H18Cl2N2. The Kier molecular flexibility index (Phi) is 5.68. The van der Waals surface area contributed by atoms with Crippen molar-refractivity contribution in [2.24, 2.45) is 0 Å². The smallest absolute Gasteiger partial charge is 0.0399 e. The van der Waals surface area contributed by atoms with Gasteiger partial charge in [0.2, 0.25) is 0 Å². The first-order chi connectivity index (χ1) is 6.77. The van der Waals surface area contributed by atoms with Crippen molar-refractivity contribution >= 4 is 23.2 Å². The molecule has 0 N–H and O–H groups in total. The van der Waals surface area contributed by atoms with Gasteiger partial charge >= 0.3 is 0 Å². The fourth-order valence-electron chi connectivity index (χ4n) is 1.65. The summed E-state index contributed by atoms with van der Waals surface area (Å²) >= 11 is 11.5. The summed E-state index contributed by atoms with van der Waals surface area (Å²) in [5.74, 6) is 1.34. The molecule has 1 aliphatic rings. The zero-order chi connectivity index (χ0) is 10.4. The molecule has 82 valence electrons. The third-order valence-electron chi connectivity index (χ3n) is 2.50. The topological polar surface area (TPSA) is 6.48 Å². The number of hydrogen-bond acceptors (Lipinski definition) is 2. The Hall–Kier alpha value is 0.0800. The quantitative estimate of drug-likeness (QED) is 0.675. The van der Waals surface area contributed by atoms with Gasteiger partial charge in [-0.05, 0) is 13.5 Å². The molecular weight excluding hydrogens is 219 g/mol. The fraction of sp³-hybridized carbons (Fsp3) is 0.800. The average Bonchev–Trinajstić information content (AvgIpc) is 2.19. The summed E-state index contributed by atoms with van der Waals surface area (Å²) < 4.78 is 0. The van der Waals surface area contributed by atoms with E-state index in [9.17, 15) is 0 Å². The molecule has 0 aromatic heterocycles. The molecule has 0 saturated carbocycles. The van der Waals surface area contributed by atoms with E-state index < -0.39 is 0 Å². The van der Waals surface area contributed by atoms with Gasteiger partial charge in [0, 0.05) is 43.6 Å². The number of hydrogen-bond donors (Lipinski definition) is 0. The Morgan fingerprint density at radius 1 is 1.36 bits per heavy atom. The molecule has 0 aliphatic carbocycles. The maximum atomic E-state index is 5.76. The monoisotopic (exact) mass is 236 g/mol. The highest BCUT2D eigenvalue weighted by atomic mass is 35.5. The van der Waals surface area contributed by atoms with E-state index in [1.807, 2.05) is 0 Å². The second-order valence-electron chi connectivity index (χ2n) is 3.57. The molecule has 0 radical (unpaired) electrons. The van der Waals surface area contributed by atoms with Crippen molar-refractivity contribution < 1.29 is 0 Å². The lowest BCUT2D eigenvalue weighted by Crippen LogP contribution is -2.33. The molecule has 1 aliphatic heterocycles. The minimum absolute atomic E-state index is 0.671. The molecule has 0 saturated heterocycles. The van der Waals surface area contributed by atoms with Crippen LogP contribution in [0.4, 0.5) is 0 Å². The van der Waals surface area contributed by atoms with Crippen molar-refractivity contribution in [1.29, 1.82) is 0 Å². The third-order valence-corrected chi connectivity index (χ3v) is 2.84. The Morgan fingerprint density at radius 2 is 2.00 bits per heavy atom. The summed E-state index contributed by atoms with van der Waals surface area (Å²) in [4.78, 5) is 4.61. The molecule has 0 atom stereocenters. The van der Waals surface area contributed by atoms with Crippen LogP contribution in [0.2, 0.25) is 0 Å². The van der Waals surface area contributed by atoms with E-state index in [4.69, 9.17) is 23.2 Å². The Labute approximate surface area is 96.5 Å². The molecule has 4 heteroatoms. The van der Waals surface area contributed by atoms with Crippen LogP contribution in [-0.4, -0.2) is 54.8 Å². The standard InChI is InChI=1S/C10H18Cl2N2/c1-13-6-2-10(3-7-13)14(8-4-11)9-5-12/h2H,3-9H2,1H3. The van der Waals surface area contributed by atoms with Crippen LogP contribution in [-0.2, 0) is 0 Å². The summed E-state index contributed by atoms with van der Waals surface area (Å²) in [7, 11) is 2.14. The van der Waals surface area contributed by atoms with Gasteiger partial charge in [-0.25, -0.2) is 0 Å². The Balaban J connectivity index is 2.49. The summed E-state index contributed by atoms with van der Waals surface area (Å²) in [5.41, 5.74) is 1.41. The van der Waals surface area contributed by atoms with Crippen molar-refractivity contribution in [3.05, 3.63) is 11.8 Å². The Morgan fingerprint density at radius 3 is 2.43 bits per heavy atom. The van der Waals surface area contributed by atoms with Crippen molar-refractivity contribution in [3.8, 4) is 0 Å². The zero-order valence-electron chi connectivity index (χ0n) is 8.68. The molecule has 1 rings (SSSR count). The van der Waals surface area contributed by atoms with Gasteiger partial charge in [-0.1, -0.05) is 6.08 Å². The summed E-state index contributed by atoms with van der Waals surface area (Å²) in [5, 5.41) is 0. The zero-order valence-corrected chi connectivity index (χ0v) is 10.2. The van der Waals surface area contributed by atoms with Crippen molar-refractivity contribution in [3.63, 3.8) is 0 Å². The number of alkyl halides is 2.